The molecule has 0 bridgehead atoms. The summed E-state index contributed by atoms with van der Waals surface area (Å²) in [7, 11) is 0. The molecule has 0 radical (unpaired) electrons. The fraction of sp³-hybridized carbons (Fsp3) is 0.769. The molecule has 0 spiro atoms. The predicted octanol–water partition coefficient (Wildman–Crippen LogP) is 2.66. The molecule has 0 aliphatic rings. The minimum Gasteiger partial charge on any atom is -0.463 e. The molecule has 1 rings (SSSR count). The molecular weight excluding hydrogens is 244 g/mol. The Balaban J connectivity index is 2.70. The lowest BCUT2D eigenvalue weighted by atomic mass is 10.4. The first kappa shape index (κ1) is 15.5. The molecule has 108 valence electrons. The van der Waals surface area contributed by atoms with Gasteiger partial charge in [0.25, 0.3) is 0 Å². The fourth-order valence-electron chi connectivity index (χ4n) is 1.28. The van der Waals surface area contributed by atoms with Crippen LogP contribution in [0.25, 0.3) is 0 Å². The van der Waals surface area contributed by atoms with Gasteiger partial charge in [0, 0.05) is 6.54 Å². The van der Waals surface area contributed by atoms with E-state index in [1.807, 2.05) is 6.92 Å². The summed E-state index contributed by atoms with van der Waals surface area (Å²) in [5, 5.41) is 3.12. The van der Waals surface area contributed by atoms with Crippen molar-refractivity contribution in [2.75, 3.05) is 25.1 Å². The molecule has 0 amide bonds. The molecule has 0 aliphatic carbocycles. The van der Waals surface area contributed by atoms with Crippen molar-refractivity contribution < 1.29 is 9.47 Å². The van der Waals surface area contributed by atoms with Crippen molar-refractivity contribution in [3.8, 4) is 12.0 Å². The Bertz CT molecular complexity index is 334. The summed E-state index contributed by atoms with van der Waals surface area (Å²) in [5.41, 5.74) is 0. The summed E-state index contributed by atoms with van der Waals surface area (Å²) in [5.74, 6) is 0.509. The number of hydrogen-bond donors (Lipinski definition) is 1. The van der Waals surface area contributed by atoms with E-state index in [4.69, 9.17) is 9.47 Å². The van der Waals surface area contributed by atoms with Crippen LogP contribution in [0.4, 0.5) is 5.95 Å². The van der Waals surface area contributed by atoms with Crippen LogP contribution in [0.1, 0.15) is 46.5 Å². The SMILES string of the molecule is CCCCOc1nc(NCCC)nc(OCCC)n1. The van der Waals surface area contributed by atoms with E-state index in [-0.39, 0.29) is 0 Å². The Morgan fingerprint density at radius 1 is 0.842 bits per heavy atom. The van der Waals surface area contributed by atoms with Crippen LogP contribution >= 0.6 is 0 Å². The van der Waals surface area contributed by atoms with Gasteiger partial charge in [0.1, 0.15) is 0 Å². The molecule has 0 aromatic carbocycles. The second kappa shape index (κ2) is 9.35. The van der Waals surface area contributed by atoms with Crippen molar-refractivity contribution in [2.24, 2.45) is 0 Å². The zero-order chi connectivity index (χ0) is 13.9. The topological polar surface area (TPSA) is 69.2 Å². The largest absolute Gasteiger partial charge is 0.463 e. The maximum absolute atomic E-state index is 5.51. The number of unbranched alkanes of at least 4 members (excludes halogenated alkanes) is 1. The van der Waals surface area contributed by atoms with Gasteiger partial charge >= 0.3 is 12.0 Å². The van der Waals surface area contributed by atoms with Crippen LogP contribution in [0, 0.1) is 0 Å². The molecule has 0 saturated heterocycles. The van der Waals surface area contributed by atoms with Gasteiger partial charge in [-0.15, -0.1) is 4.98 Å². The molecule has 19 heavy (non-hydrogen) atoms. The van der Waals surface area contributed by atoms with Crippen molar-refractivity contribution >= 4 is 5.95 Å². The number of nitrogens with one attached hydrogen (secondary N) is 1. The molecule has 6 nitrogen and oxygen atoms in total. The molecule has 1 aromatic heterocycles. The minimum absolute atomic E-state index is 0.321. The van der Waals surface area contributed by atoms with Gasteiger partial charge in [0.15, 0.2) is 0 Å². The van der Waals surface area contributed by atoms with E-state index in [0.29, 0.717) is 31.2 Å². The van der Waals surface area contributed by atoms with Crippen LogP contribution in [0.15, 0.2) is 0 Å². The highest BCUT2D eigenvalue weighted by Crippen LogP contribution is 2.13. The van der Waals surface area contributed by atoms with Gasteiger partial charge in [-0.1, -0.05) is 27.2 Å². The monoisotopic (exact) mass is 268 g/mol. The Morgan fingerprint density at radius 2 is 1.53 bits per heavy atom. The Morgan fingerprint density at radius 3 is 2.11 bits per heavy atom. The first-order valence-corrected chi connectivity index (χ1v) is 7.05. The van der Waals surface area contributed by atoms with Gasteiger partial charge in [-0.05, 0) is 19.3 Å². The Kier molecular flexibility index (Phi) is 7.62. The van der Waals surface area contributed by atoms with Crippen molar-refractivity contribution in [1.82, 2.24) is 15.0 Å². The highest BCUT2D eigenvalue weighted by Gasteiger charge is 2.08. The third-order valence-electron chi connectivity index (χ3n) is 2.29. The van der Waals surface area contributed by atoms with Gasteiger partial charge in [-0.25, -0.2) is 0 Å². The molecule has 0 atom stereocenters. The molecule has 1 heterocycles. The molecule has 1 aromatic rings. The Hall–Kier alpha value is -1.59. The lowest BCUT2D eigenvalue weighted by molar-refractivity contribution is 0.259. The van der Waals surface area contributed by atoms with E-state index < -0.39 is 0 Å². The van der Waals surface area contributed by atoms with Crippen LogP contribution < -0.4 is 14.8 Å². The third kappa shape index (κ3) is 6.22. The van der Waals surface area contributed by atoms with Crippen molar-refractivity contribution in [2.45, 2.75) is 46.5 Å². The Labute approximate surface area is 115 Å². The number of aromatic nitrogens is 3. The third-order valence-corrected chi connectivity index (χ3v) is 2.29. The van der Waals surface area contributed by atoms with E-state index in [2.05, 4.69) is 34.1 Å². The standard InChI is InChI=1S/C13H24N4O2/c1-4-7-10-19-13-16-11(14-8-5-2)15-12(17-13)18-9-6-3/h4-10H2,1-3H3,(H,14,15,16,17). The van der Waals surface area contributed by atoms with Gasteiger partial charge in [0.05, 0.1) is 13.2 Å². The fourth-order valence-corrected chi connectivity index (χ4v) is 1.28. The van der Waals surface area contributed by atoms with Crippen LogP contribution in [-0.2, 0) is 0 Å². The summed E-state index contributed by atoms with van der Waals surface area (Å²) < 4.78 is 10.9. The zero-order valence-corrected chi connectivity index (χ0v) is 12.1. The molecule has 1 N–H and O–H groups in total. The van der Waals surface area contributed by atoms with Crippen LogP contribution in [0.5, 0.6) is 12.0 Å². The molecule has 0 aliphatic heterocycles. The van der Waals surface area contributed by atoms with E-state index in [1.165, 1.54) is 0 Å². The summed E-state index contributed by atoms with van der Waals surface area (Å²) in [4.78, 5) is 12.6. The van der Waals surface area contributed by atoms with Crippen molar-refractivity contribution in [3.05, 3.63) is 0 Å². The molecule has 0 fully saturated rings. The number of hydrogen-bond acceptors (Lipinski definition) is 6. The number of rotatable bonds is 10. The maximum atomic E-state index is 5.51. The maximum Gasteiger partial charge on any atom is 0.324 e. The molecule has 6 heteroatoms. The van der Waals surface area contributed by atoms with Crippen molar-refractivity contribution in [1.29, 1.82) is 0 Å². The molecule has 0 saturated carbocycles. The van der Waals surface area contributed by atoms with E-state index in [0.717, 1.165) is 32.2 Å². The summed E-state index contributed by atoms with van der Waals surface area (Å²) in [6.45, 7) is 8.25. The van der Waals surface area contributed by atoms with E-state index in [9.17, 15) is 0 Å². The van der Waals surface area contributed by atoms with Crippen molar-refractivity contribution in [3.63, 3.8) is 0 Å². The van der Waals surface area contributed by atoms with Crippen LogP contribution in [0.3, 0.4) is 0 Å². The average Bonchev–Trinajstić information content (AvgIpc) is 2.43. The van der Waals surface area contributed by atoms with E-state index in [1.54, 1.807) is 0 Å². The van der Waals surface area contributed by atoms with Gasteiger partial charge in [0.2, 0.25) is 5.95 Å². The first-order valence-electron chi connectivity index (χ1n) is 7.05. The van der Waals surface area contributed by atoms with Crippen LogP contribution in [0.2, 0.25) is 0 Å². The highest BCUT2D eigenvalue weighted by atomic mass is 16.5. The second-order valence-electron chi connectivity index (χ2n) is 4.20. The van der Waals surface area contributed by atoms with E-state index >= 15 is 0 Å². The average molecular weight is 268 g/mol. The normalized spacial score (nSPS) is 10.3. The van der Waals surface area contributed by atoms with Gasteiger partial charge in [-0.3, -0.25) is 0 Å². The summed E-state index contributed by atoms with van der Waals surface area (Å²) in [6.07, 6.45) is 3.97. The smallest absolute Gasteiger partial charge is 0.324 e. The number of ether oxygens (including phenoxy) is 2. The number of nitrogens with zero attached hydrogens (tertiary/aromatic N) is 3. The zero-order valence-electron chi connectivity index (χ0n) is 12.1. The first-order chi connectivity index (χ1) is 9.30. The number of anilines is 1. The lowest BCUT2D eigenvalue weighted by Gasteiger charge is -2.09. The highest BCUT2D eigenvalue weighted by molar-refractivity contribution is 5.27. The van der Waals surface area contributed by atoms with Gasteiger partial charge in [-0.2, -0.15) is 9.97 Å². The van der Waals surface area contributed by atoms with Crippen LogP contribution in [-0.4, -0.2) is 34.7 Å². The molecule has 0 unspecified atom stereocenters. The minimum atomic E-state index is 0.321. The lowest BCUT2D eigenvalue weighted by Crippen LogP contribution is -2.10. The quantitative estimate of drug-likeness (QED) is 0.658. The summed E-state index contributed by atoms with van der Waals surface area (Å²) in [6, 6.07) is 0.648. The predicted molar refractivity (Wildman–Crippen MR) is 74.8 cm³/mol. The molecular formula is C13H24N4O2. The summed E-state index contributed by atoms with van der Waals surface area (Å²) >= 11 is 0. The van der Waals surface area contributed by atoms with Gasteiger partial charge < -0.3 is 14.8 Å². The second-order valence-corrected chi connectivity index (χ2v) is 4.20.